The van der Waals surface area contributed by atoms with Crippen LogP contribution in [0.1, 0.15) is 36.0 Å². The van der Waals surface area contributed by atoms with Crippen molar-refractivity contribution in [1.29, 1.82) is 0 Å². The minimum absolute atomic E-state index is 0.171. The number of amides is 1. The van der Waals surface area contributed by atoms with Crippen molar-refractivity contribution in [1.82, 2.24) is 16.4 Å². The molecule has 0 aliphatic heterocycles. The van der Waals surface area contributed by atoms with Crippen molar-refractivity contribution in [2.45, 2.75) is 31.7 Å². The van der Waals surface area contributed by atoms with E-state index in [1.165, 1.54) is 0 Å². The van der Waals surface area contributed by atoms with Gasteiger partial charge in [0.1, 0.15) is 5.78 Å². The lowest BCUT2D eigenvalue weighted by atomic mass is 9.95. The highest BCUT2D eigenvalue weighted by Gasteiger charge is 2.17. The first kappa shape index (κ1) is 17.6. The van der Waals surface area contributed by atoms with Crippen LogP contribution in [0, 0.1) is 0 Å². The van der Waals surface area contributed by atoms with E-state index in [1.807, 2.05) is 5.43 Å². The topological polar surface area (TPSA) is 128 Å². The summed E-state index contributed by atoms with van der Waals surface area (Å²) in [5.74, 6) is -0.597. The Morgan fingerprint density at radius 3 is 2.09 bits per heavy atom. The molecule has 1 aromatic carbocycles. The number of hydrazine groups is 2. The van der Waals surface area contributed by atoms with E-state index in [2.05, 4.69) is 11.0 Å². The Labute approximate surface area is 127 Å². The summed E-state index contributed by atoms with van der Waals surface area (Å²) in [6.07, 6.45) is 1.53. The zero-order valence-electron chi connectivity index (χ0n) is 11.9. The molecule has 1 aromatic rings. The van der Waals surface area contributed by atoms with E-state index in [0.717, 1.165) is 12.8 Å². The van der Waals surface area contributed by atoms with Crippen LogP contribution in [0.15, 0.2) is 30.3 Å². The van der Waals surface area contributed by atoms with Gasteiger partial charge < -0.3 is 10.2 Å². The predicted octanol–water partition coefficient (Wildman–Crippen LogP) is 1.16. The number of carboxylic acid groups (broad SMARTS) is 2. The molecule has 0 saturated heterocycles. The lowest BCUT2D eigenvalue weighted by Crippen LogP contribution is -2.51. The molecule has 1 aliphatic rings. The molecule has 0 aromatic heterocycles. The van der Waals surface area contributed by atoms with E-state index in [0.29, 0.717) is 18.4 Å². The van der Waals surface area contributed by atoms with Crippen LogP contribution in [0.3, 0.4) is 0 Å². The number of benzene rings is 1. The molecular weight excluding hydrogens is 290 g/mol. The largest absolute Gasteiger partial charge is 0.478 e. The minimum Gasteiger partial charge on any atom is -0.478 e. The van der Waals surface area contributed by atoms with Gasteiger partial charge in [0.25, 0.3) is 0 Å². The molecule has 8 heteroatoms. The van der Waals surface area contributed by atoms with Gasteiger partial charge in [-0.3, -0.25) is 4.79 Å². The predicted molar refractivity (Wildman–Crippen MR) is 78.1 cm³/mol. The molecule has 8 nitrogen and oxygen atoms in total. The van der Waals surface area contributed by atoms with Gasteiger partial charge in [-0.2, -0.15) is 5.53 Å². The fraction of sp³-hybridized carbons (Fsp3) is 0.357. The third-order valence-corrected chi connectivity index (χ3v) is 3.01. The Kier molecular flexibility index (Phi) is 7.58. The highest BCUT2D eigenvalue weighted by molar-refractivity contribution is 5.87. The lowest BCUT2D eigenvalue weighted by molar-refractivity contribution is -0.120. The Hall–Kier alpha value is -2.45. The van der Waals surface area contributed by atoms with Gasteiger partial charge in [0.15, 0.2) is 0 Å². The lowest BCUT2D eigenvalue weighted by Gasteiger charge is -2.22. The molecular formula is C14H19N3O5. The Morgan fingerprint density at radius 1 is 1.05 bits per heavy atom. The van der Waals surface area contributed by atoms with E-state index in [4.69, 9.17) is 10.2 Å². The maximum absolute atomic E-state index is 10.8. The van der Waals surface area contributed by atoms with E-state index < -0.39 is 12.1 Å². The second-order valence-corrected chi connectivity index (χ2v) is 4.68. The van der Waals surface area contributed by atoms with Crippen LogP contribution >= 0.6 is 0 Å². The van der Waals surface area contributed by atoms with Crippen LogP contribution in [-0.2, 0) is 4.79 Å². The molecule has 0 spiro atoms. The Balaban J connectivity index is 0.000000235. The summed E-state index contributed by atoms with van der Waals surface area (Å²) >= 11 is 0. The number of Topliss-reactive ketones (excluding diaryl/α,β-unsaturated/α-hetero) is 1. The molecule has 1 fully saturated rings. The minimum atomic E-state index is -1.14. The number of hydrogen-bond acceptors (Lipinski definition) is 5. The maximum atomic E-state index is 10.8. The molecule has 22 heavy (non-hydrogen) atoms. The number of aromatic carboxylic acids is 1. The molecule has 5 N–H and O–H groups in total. The van der Waals surface area contributed by atoms with Crippen LogP contribution in [-0.4, -0.2) is 34.1 Å². The number of carbonyl (C=O) groups excluding carboxylic acids is 1. The van der Waals surface area contributed by atoms with Gasteiger partial charge in [-0.25, -0.2) is 20.4 Å². The van der Waals surface area contributed by atoms with Crippen LogP contribution in [0.25, 0.3) is 0 Å². The second-order valence-electron chi connectivity index (χ2n) is 4.68. The Morgan fingerprint density at radius 2 is 1.64 bits per heavy atom. The zero-order chi connectivity index (χ0) is 16.4. The fourth-order valence-corrected chi connectivity index (χ4v) is 1.86. The van der Waals surface area contributed by atoms with Crippen molar-refractivity contribution in [2.24, 2.45) is 0 Å². The van der Waals surface area contributed by atoms with Gasteiger partial charge >= 0.3 is 12.1 Å². The molecule has 0 unspecified atom stereocenters. The average molecular weight is 309 g/mol. The van der Waals surface area contributed by atoms with E-state index in [9.17, 15) is 14.4 Å². The molecule has 0 bridgehead atoms. The van der Waals surface area contributed by atoms with Crippen molar-refractivity contribution < 1.29 is 24.6 Å². The molecule has 0 radical (unpaired) electrons. The normalized spacial score (nSPS) is 14.6. The smallest absolute Gasteiger partial charge is 0.420 e. The number of carboxylic acids is 1. The van der Waals surface area contributed by atoms with Crippen molar-refractivity contribution in [2.75, 3.05) is 0 Å². The zero-order valence-corrected chi connectivity index (χ0v) is 11.9. The van der Waals surface area contributed by atoms with E-state index >= 15 is 0 Å². The Bertz CT molecular complexity index is 496. The van der Waals surface area contributed by atoms with Crippen molar-refractivity contribution >= 4 is 17.8 Å². The number of nitrogens with one attached hydrogen (secondary N) is 3. The summed E-state index contributed by atoms with van der Waals surface area (Å²) in [7, 11) is 0. The quantitative estimate of drug-likeness (QED) is 0.528. The first-order valence-corrected chi connectivity index (χ1v) is 6.78. The van der Waals surface area contributed by atoms with Crippen LogP contribution in [0.5, 0.6) is 0 Å². The average Bonchev–Trinajstić information content (AvgIpc) is 2.50. The summed E-state index contributed by atoms with van der Waals surface area (Å²) in [6, 6.07) is 8.47. The molecule has 120 valence electrons. The third-order valence-electron chi connectivity index (χ3n) is 3.01. The monoisotopic (exact) mass is 309 g/mol. The maximum Gasteiger partial charge on any atom is 0.420 e. The molecule has 2 rings (SSSR count). The summed E-state index contributed by atoms with van der Waals surface area (Å²) in [5.41, 5.74) is 7.44. The van der Waals surface area contributed by atoms with E-state index in [-0.39, 0.29) is 11.8 Å². The van der Waals surface area contributed by atoms with Crippen molar-refractivity contribution in [3.8, 4) is 0 Å². The fourth-order valence-electron chi connectivity index (χ4n) is 1.86. The van der Waals surface area contributed by atoms with Gasteiger partial charge in [-0.05, 0) is 25.0 Å². The first-order chi connectivity index (χ1) is 10.5. The highest BCUT2D eigenvalue weighted by atomic mass is 16.4. The molecule has 1 saturated carbocycles. The van der Waals surface area contributed by atoms with Crippen LogP contribution in [0.2, 0.25) is 0 Å². The highest BCUT2D eigenvalue weighted by Crippen LogP contribution is 2.13. The summed E-state index contributed by atoms with van der Waals surface area (Å²) in [4.78, 5) is 31.1. The van der Waals surface area contributed by atoms with Crippen molar-refractivity contribution in [3.63, 3.8) is 0 Å². The standard InChI is InChI=1S/C7H13N3O3.C7H6O2/c11-6-3-1-5(2-4-6)8-10-9-7(12)13;8-7(9)6-4-2-1-3-5-6/h5,8-10H,1-4H2,(H,12,13);1-5H,(H,8,9). The first-order valence-electron chi connectivity index (χ1n) is 6.78. The van der Waals surface area contributed by atoms with Crippen molar-refractivity contribution in [3.05, 3.63) is 35.9 Å². The third kappa shape index (κ3) is 7.36. The summed E-state index contributed by atoms with van der Waals surface area (Å²) < 4.78 is 0. The number of ketones is 1. The van der Waals surface area contributed by atoms with Crippen LogP contribution < -0.4 is 16.4 Å². The second kappa shape index (κ2) is 9.48. The van der Waals surface area contributed by atoms with Crippen LogP contribution in [0.4, 0.5) is 4.79 Å². The van der Waals surface area contributed by atoms with Gasteiger partial charge in [-0.1, -0.05) is 18.2 Å². The molecule has 1 amide bonds. The van der Waals surface area contributed by atoms with Gasteiger partial charge in [-0.15, -0.1) is 0 Å². The van der Waals surface area contributed by atoms with Gasteiger partial charge in [0.2, 0.25) is 0 Å². The summed E-state index contributed by atoms with van der Waals surface area (Å²) in [5, 5.41) is 16.6. The summed E-state index contributed by atoms with van der Waals surface area (Å²) in [6.45, 7) is 0. The van der Waals surface area contributed by atoms with E-state index in [1.54, 1.807) is 30.3 Å². The van der Waals surface area contributed by atoms with Gasteiger partial charge in [0.05, 0.1) is 5.56 Å². The number of hydrogen-bond donors (Lipinski definition) is 5. The number of rotatable bonds is 4. The number of carbonyl (C=O) groups is 3. The van der Waals surface area contributed by atoms with Gasteiger partial charge in [0, 0.05) is 18.9 Å². The molecule has 0 atom stereocenters. The molecule has 1 aliphatic carbocycles. The SMILES string of the molecule is O=C(O)c1ccccc1.O=C1CCC(NNNC(=O)O)CC1. The molecule has 0 heterocycles.